The van der Waals surface area contributed by atoms with E-state index in [1.807, 2.05) is 0 Å². The summed E-state index contributed by atoms with van der Waals surface area (Å²) in [5, 5.41) is 23.4. The average Bonchev–Trinajstić information content (AvgIpc) is 2.83. The number of hydrogen-bond acceptors (Lipinski definition) is 2. The normalized spacial score (nSPS) is 13.5. The van der Waals surface area contributed by atoms with Gasteiger partial charge in [-0.15, -0.1) is 0 Å². The van der Waals surface area contributed by atoms with Crippen LogP contribution in [0.4, 0.5) is 0 Å². The summed E-state index contributed by atoms with van der Waals surface area (Å²) in [6, 6.07) is 8.84. The molecule has 2 N–H and O–H groups in total. The molecule has 0 radical (unpaired) electrons. The number of aromatic hydroxyl groups is 2. The zero-order valence-corrected chi connectivity index (χ0v) is 25.6. The first-order valence-electron chi connectivity index (χ1n) is 14.2. The van der Waals surface area contributed by atoms with Crippen LogP contribution < -0.4 is 0 Å². The Kier molecular flexibility index (Phi) is 8.76. The van der Waals surface area contributed by atoms with Gasteiger partial charge in [-0.3, -0.25) is 0 Å². The summed E-state index contributed by atoms with van der Waals surface area (Å²) in [6.45, 7) is 28.9. The Morgan fingerprint density at radius 1 is 0.528 bits per heavy atom. The molecule has 0 bridgehead atoms. The van der Waals surface area contributed by atoms with Gasteiger partial charge in [0.05, 0.1) is 0 Å². The standard InChI is InChI=1S/C34H54O2/c1-14-31(6,7)23-18-25(29(35)27(20-23)33(10,11)16-3)22(5)26-19-24(32(8,9)15-2)21-28(30(26)36)34(12,13)17-4/h18-22,35-36H,14-17H2,1-13H3. The molecule has 0 aliphatic rings. The zero-order chi connectivity index (χ0) is 27.9. The highest BCUT2D eigenvalue weighted by molar-refractivity contribution is 5.57. The van der Waals surface area contributed by atoms with Crippen LogP contribution in [0.3, 0.4) is 0 Å². The van der Waals surface area contributed by atoms with Gasteiger partial charge in [0.25, 0.3) is 0 Å². The highest BCUT2D eigenvalue weighted by atomic mass is 16.3. The van der Waals surface area contributed by atoms with Crippen LogP contribution in [0.5, 0.6) is 11.5 Å². The van der Waals surface area contributed by atoms with E-state index < -0.39 is 0 Å². The van der Waals surface area contributed by atoms with E-state index in [1.54, 1.807) is 0 Å². The van der Waals surface area contributed by atoms with E-state index in [0.717, 1.165) is 47.9 Å². The lowest BCUT2D eigenvalue weighted by Gasteiger charge is -2.34. The van der Waals surface area contributed by atoms with E-state index in [2.05, 4.69) is 114 Å². The third-order valence-corrected chi connectivity index (χ3v) is 9.77. The predicted octanol–water partition coefficient (Wildman–Crippen LogP) is 10.00. The fourth-order valence-corrected chi connectivity index (χ4v) is 4.74. The van der Waals surface area contributed by atoms with E-state index in [-0.39, 0.29) is 27.6 Å². The molecule has 0 aliphatic heterocycles. The molecule has 2 aromatic rings. The number of phenols is 2. The van der Waals surface area contributed by atoms with E-state index >= 15 is 0 Å². The van der Waals surface area contributed by atoms with E-state index in [9.17, 15) is 10.2 Å². The van der Waals surface area contributed by atoms with Crippen LogP contribution in [0.25, 0.3) is 0 Å². The van der Waals surface area contributed by atoms with Crippen molar-refractivity contribution >= 4 is 0 Å². The van der Waals surface area contributed by atoms with Gasteiger partial charge in [-0.2, -0.15) is 0 Å². The largest absolute Gasteiger partial charge is 0.507 e. The van der Waals surface area contributed by atoms with E-state index in [4.69, 9.17) is 0 Å². The maximum Gasteiger partial charge on any atom is 0.123 e. The monoisotopic (exact) mass is 494 g/mol. The average molecular weight is 495 g/mol. The molecule has 0 amide bonds. The summed E-state index contributed by atoms with van der Waals surface area (Å²) >= 11 is 0. The molecule has 2 aromatic carbocycles. The molecule has 2 rings (SSSR count). The van der Waals surface area contributed by atoms with Crippen LogP contribution in [0.15, 0.2) is 24.3 Å². The maximum absolute atomic E-state index is 11.7. The smallest absolute Gasteiger partial charge is 0.123 e. The summed E-state index contributed by atoms with van der Waals surface area (Å²) < 4.78 is 0. The molecule has 0 heterocycles. The number of rotatable bonds is 10. The van der Waals surface area contributed by atoms with Crippen molar-refractivity contribution in [3.63, 3.8) is 0 Å². The fraction of sp³-hybridized carbons (Fsp3) is 0.647. The van der Waals surface area contributed by atoms with Crippen LogP contribution in [0.2, 0.25) is 0 Å². The van der Waals surface area contributed by atoms with Gasteiger partial charge < -0.3 is 10.2 Å². The first-order chi connectivity index (χ1) is 16.4. The highest BCUT2D eigenvalue weighted by Gasteiger charge is 2.33. The van der Waals surface area contributed by atoms with Crippen molar-refractivity contribution in [2.75, 3.05) is 0 Å². The van der Waals surface area contributed by atoms with Crippen LogP contribution in [0.1, 0.15) is 155 Å². The number of hydrogen-bond donors (Lipinski definition) is 2. The van der Waals surface area contributed by atoms with E-state index in [0.29, 0.717) is 11.5 Å². The quantitative estimate of drug-likeness (QED) is 0.345. The van der Waals surface area contributed by atoms with Crippen LogP contribution in [-0.4, -0.2) is 10.2 Å². The van der Waals surface area contributed by atoms with Crippen molar-refractivity contribution in [1.29, 1.82) is 0 Å². The second-order valence-corrected chi connectivity index (χ2v) is 13.6. The second-order valence-electron chi connectivity index (χ2n) is 13.6. The molecule has 0 spiro atoms. The zero-order valence-electron chi connectivity index (χ0n) is 25.6. The Balaban J connectivity index is 2.95. The fourth-order valence-electron chi connectivity index (χ4n) is 4.74. The van der Waals surface area contributed by atoms with Crippen molar-refractivity contribution < 1.29 is 10.2 Å². The Morgan fingerprint density at radius 2 is 0.806 bits per heavy atom. The summed E-state index contributed by atoms with van der Waals surface area (Å²) in [5.74, 6) is 0.602. The van der Waals surface area contributed by atoms with Crippen molar-refractivity contribution in [2.24, 2.45) is 0 Å². The Hall–Kier alpha value is -1.96. The predicted molar refractivity (Wildman–Crippen MR) is 157 cm³/mol. The van der Waals surface area contributed by atoms with Gasteiger partial charge in [0.15, 0.2) is 0 Å². The molecular weight excluding hydrogens is 440 g/mol. The minimum absolute atomic E-state index is 0.00972. The van der Waals surface area contributed by atoms with Crippen LogP contribution >= 0.6 is 0 Å². The Bertz CT molecular complexity index is 984. The third-order valence-electron chi connectivity index (χ3n) is 9.77. The first kappa shape index (κ1) is 30.3. The third kappa shape index (κ3) is 5.63. The van der Waals surface area contributed by atoms with Gasteiger partial charge >= 0.3 is 0 Å². The highest BCUT2D eigenvalue weighted by Crippen LogP contribution is 2.48. The molecule has 0 aliphatic carbocycles. The molecule has 0 saturated carbocycles. The van der Waals surface area contributed by atoms with Crippen molar-refractivity contribution in [2.45, 2.75) is 143 Å². The van der Waals surface area contributed by atoms with Gasteiger partial charge in [0.1, 0.15) is 11.5 Å². The van der Waals surface area contributed by atoms with Crippen molar-refractivity contribution in [3.8, 4) is 11.5 Å². The molecule has 2 heteroatoms. The molecule has 202 valence electrons. The summed E-state index contributed by atoms with van der Waals surface area (Å²) in [5.41, 5.74) is 6.01. The summed E-state index contributed by atoms with van der Waals surface area (Å²) in [6.07, 6.45) is 3.89. The molecule has 0 fully saturated rings. The number of phenolic OH excluding ortho intramolecular Hbond substituents is 2. The lowest BCUT2D eigenvalue weighted by molar-refractivity contribution is 0.411. The van der Waals surface area contributed by atoms with Crippen LogP contribution in [0, 0.1) is 0 Å². The summed E-state index contributed by atoms with van der Waals surface area (Å²) in [4.78, 5) is 0. The van der Waals surface area contributed by atoms with Crippen molar-refractivity contribution in [1.82, 2.24) is 0 Å². The van der Waals surface area contributed by atoms with Gasteiger partial charge in [-0.1, -0.05) is 114 Å². The van der Waals surface area contributed by atoms with Gasteiger partial charge in [-0.05, 0) is 58.5 Å². The maximum atomic E-state index is 11.7. The Morgan fingerprint density at radius 3 is 1.06 bits per heavy atom. The molecule has 2 nitrogen and oxygen atoms in total. The molecule has 0 atom stereocenters. The van der Waals surface area contributed by atoms with Gasteiger partial charge in [-0.25, -0.2) is 0 Å². The number of benzene rings is 2. The first-order valence-corrected chi connectivity index (χ1v) is 14.2. The van der Waals surface area contributed by atoms with Gasteiger partial charge in [0, 0.05) is 28.2 Å². The molecule has 0 aromatic heterocycles. The van der Waals surface area contributed by atoms with E-state index in [1.165, 1.54) is 11.1 Å². The molecule has 36 heavy (non-hydrogen) atoms. The lowest BCUT2D eigenvalue weighted by atomic mass is 9.72. The Labute approximate surface area is 222 Å². The van der Waals surface area contributed by atoms with Crippen LogP contribution in [-0.2, 0) is 21.7 Å². The topological polar surface area (TPSA) is 40.5 Å². The van der Waals surface area contributed by atoms with Crippen molar-refractivity contribution in [3.05, 3.63) is 57.6 Å². The minimum atomic E-state index is -0.151. The lowest BCUT2D eigenvalue weighted by Crippen LogP contribution is -2.22. The SMILES string of the molecule is CCC(C)(C)c1cc(C(C)c2cc(C(C)(C)CC)cc(C(C)(C)CC)c2O)c(O)c(C(C)(C)CC)c1. The molecule has 0 saturated heterocycles. The molecule has 0 unspecified atom stereocenters. The second kappa shape index (κ2) is 10.4. The van der Waals surface area contributed by atoms with Gasteiger partial charge in [0.2, 0.25) is 0 Å². The summed E-state index contributed by atoms with van der Waals surface area (Å²) in [7, 11) is 0. The minimum Gasteiger partial charge on any atom is -0.507 e. The molecular formula is C34H54O2.